The van der Waals surface area contributed by atoms with Gasteiger partial charge in [0.1, 0.15) is 5.82 Å². The molecule has 0 saturated heterocycles. The molecule has 1 N–H and O–H groups in total. The van der Waals surface area contributed by atoms with Gasteiger partial charge in [-0.1, -0.05) is 30.3 Å². The first-order valence-electron chi connectivity index (χ1n) is 7.33. The average molecular weight is 280 g/mol. The molecular weight excluding hydrogens is 260 g/mol. The van der Waals surface area contributed by atoms with Gasteiger partial charge in [-0.15, -0.1) is 10.2 Å². The van der Waals surface area contributed by atoms with E-state index in [4.69, 9.17) is 0 Å². The number of aryl methyl sites for hydroxylation is 1. The van der Waals surface area contributed by atoms with Crippen molar-refractivity contribution < 1.29 is 0 Å². The lowest BCUT2D eigenvalue weighted by molar-refractivity contribution is 0.566. The van der Waals surface area contributed by atoms with Crippen LogP contribution < -0.4 is 5.32 Å². The lowest BCUT2D eigenvalue weighted by Crippen LogP contribution is -2.22. The maximum atomic E-state index is 4.26. The standard InChI is InChI=1S/C17H20N4/c1-13-7-3-4-8-15(13)14(2)18-11-10-17-20-19-16-9-5-6-12-21(16)17/h3-9,12,14,18H,10-11H2,1-2H3. The molecule has 0 aliphatic heterocycles. The molecule has 2 heterocycles. The Kier molecular flexibility index (Phi) is 3.97. The van der Waals surface area contributed by atoms with Crippen molar-refractivity contribution in [1.82, 2.24) is 19.9 Å². The molecule has 3 rings (SSSR count). The van der Waals surface area contributed by atoms with Crippen molar-refractivity contribution in [2.75, 3.05) is 6.54 Å². The van der Waals surface area contributed by atoms with Crippen molar-refractivity contribution >= 4 is 5.65 Å². The van der Waals surface area contributed by atoms with Crippen molar-refractivity contribution in [3.8, 4) is 0 Å². The van der Waals surface area contributed by atoms with Crippen molar-refractivity contribution in [2.45, 2.75) is 26.3 Å². The van der Waals surface area contributed by atoms with Crippen LogP contribution in [-0.2, 0) is 6.42 Å². The topological polar surface area (TPSA) is 42.2 Å². The van der Waals surface area contributed by atoms with E-state index in [-0.39, 0.29) is 0 Å². The van der Waals surface area contributed by atoms with Gasteiger partial charge in [0.2, 0.25) is 0 Å². The first kappa shape index (κ1) is 13.8. The Morgan fingerprint density at radius 2 is 1.90 bits per heavy atom. The Labute approximate surface area is 124 Å². The summed E-state index contributed by atoms with van der Waals surface area (Å²) in [6.07, 6.45) is 2.87. The van der Waals surface area contributed by atoms with Crippen LogP contribution in [0.3, 0.4) is 0 Å². The van der Waals surface area contributed by atoms with Gasteiger partial charge >= 0.3 is 0 Å². The van der Waals surface area contributed by atoms with Crippen molar-refractivity contribution in [3.63, 3.8) is 0 Å². The monoisotopic (exact) mass is 280 g/mol. The first-order valence-corrected chi connectivity index (χ1v) is 7.33. The molecule has 0 amide bonds. The fraction of sp³-hybridized carbons (Fsp3) is 0.294. The Hall–Kier alpha value is -2.20. The van der Waals surface area contributed by atoms with Crippen molar-refractivity contribution in [2.24, 2.45) is 0 Å². The van der Waals surface area contributed by atoms with Gasteiger partial charge in [0.25, 0.3) is 0 Å². The molecule has 2 aromatic heterocycles. The smallest absolute Gasteiger partial charge is 0.160 e. The summed E-state index contributed by atoms with van der Waals surface area (Å²) in [7, 11) is 0. The van der Waals surface area contributed by atoms with Crippen LogP contribution in [0, 0.1) is 6.92 Å². The Balaban J connectivity index is 1.62. The quantitative estimate of drug-likeness (QED) is 0.781. The van der Waals surface area contributed by atoms with Gasteiger partial charge in [-0.2, -0.15) is 0 Å². The second kappa shape index (κ2) is 6.06. The van der Waals surface area contributed by atoms with E-state index in [1.54, 1.807) is 0 Å². The third-order valence-corrected chi connectivity index (χ3v) is 3.84. The molecule has 1 unspecified atom stereocenters. The molecule has 0 bridgehead atoms. The predicted octanol–water partition coefficient (Wildman–Crippen LogP) is 2.93. The third-order valence-electron chi connectivity index (χ3n) is 3.84. The summed E-state index contributed by atoms with van der Waals surface area (Å²) < 4.78 is 2.04. The zero-order valence-electron chi connectivity index (χ0n) is 12.5. The van der Waals surface area contributed by atoms with Crippen LogP contribution in [-0.4, -0.2) is 21.1 Å². The molecule has 4 heteroatoms. The molecule has 108 valence electrons. The molecule has 1 aromatic carbocycles. The number of pyridine rings is 1. The van der Waals surface area contributed by atoms with Gasteiger partial charge in [0, 0.05) is 25.2 Å². The number of nitrogens with zero attached hydrogens (tertiary/aromatic N) is 3. The van der Waals surface area contributed by atoms with Crippen LogP contribution in [0.2, 0.25) is 0 Å². The summed E-state index contributed by atoms with van der Waals surface area (Å²) >= 11 is 0. The predicted molar refractivity (Wildman–Crippen MR) is 84.3 cm³/mol. The Bertz CT molecular complexity index is 732. The van der Waals surface area contributed by atoms with E-state index in [2.05, 4.69) is 53.6 Å². The van der Waals surface area contributed by atoms with E-state index in [9.17, 15) is 0 Å². The van der Waals surface area contributed by atoms with Gasteiger partial charge in [-0.05, 0) is 37.1 Å². The Morgan fingerprint density at radius 3 is 2.76 bits per heavy atom. The molecule has 0 aliphatic carbocycles. The summed E-state index contributed by atoms with van der Waals surface area (Å²) in [4.78, 5) is 0. The van der Waals surface area contributed by atoms with Crippen LogP contribution in [0.15, 0.2) is 48.7 Å². The zero-order chi connectivity index (χ0) is 14.7. The summed E-state index contributed by atoms with van der Waals surface area (Å²) in [5.41, 5.74) is 3.58. The second-order valence-corrected chi connectivity index (χ2v) is 5.33. The van der Waals surface area contributed by atoms with Gasteiger partial charge in [-0.3, -0.25) is 4.40 Å². The Morgan fingerprint density at radius 1 is 1.10 bits per heavy atom. The lowest BCUT2D eigenvalue weighted by atomic mass is 10.0. The maximum Gasteiger partial charge on any atom is 0.160 e. The minimum atomic E-state index is 0.338. The number of fused-ring (bicyclic) bond motifs is 1. The number of hydrogen-bond donors (Lipinski definition) is 1. The number of benzene rings is 1. The van der Waals surface area contributed by atoms with Crippen LogP contribution in [0.1, 0.15) is 29.9 Å². The molecule has 0 aliphatic rings. The number of rotatable bonds is 5. The fourth-order valence-electron chi connectivity index (χ4n) is 2.64. The van der Waals surface area contributed by atoms with Gasteiger partial charge in [-0.25, -0.2) is 0 Å². The molecule has 0 saturated carbocycles. The normalized spacial score (nSPS) is 12.7. The summed E-state index contributed by atoms with van der Waals surface area (Å²) in [5, 5.41) is 12.0. The van der Waals surface area contributed by atoms with Crippen LogP contribution in [0.5, 0.6) is 0 Å². The van der Waals surface area contributed by atoms with Crippen molar-refractivity contribution in [1.29, 1.82) is 0 Å². The van der Waals surface area contributed by atoms with E-state index in [1.165, 1.54) is 11.1 Å². The third kappa shape index (κ3) is 2.95. The molecule has 1 atom stereocenters. The number of nitrogens with one attached hydrogen (secondary N) is 1. The van der Waals surface area contributed by atoms with Gasteiger partial charge in [0.15, 0.2) is 5.65 Å². The zero-order valence-corrected chi connectivity index (χ0v) is 12.5. The van der Waals surface area contributed by atoms with E-state index in [0.717, 1.165) is 24.4 Å². The minimum Gasteiger partial charge on any atom is -0.310 e. The van der Waals surface area contributed by atoms with E-state index in [1.807, 2.05) is 28.8 Å². The van der Waals surface area contributed by atoms with Crippen LogP contribution in [0.4, 0.5) is 0 Å². The average Bonchev–Trinajstić information content (AvgIpc) is 2.91. The van der Waals surface area contributed by atoms with Gasteiger partial charge < -0.3 is 5.32 Å². The largest absolute Gasteiger partial charge is 0.310 e. The SMILES string of the molecule is Cc1ccccc1C(C)NCCc1nnc2ccccn12. The lowest BCUT2D eigenvalue weighted by Gasteiger charge is -2.16. The number of aromatic nitrogens is 3. The van der Waals surface area contributed by atoms with E-state index >= 15 is 0 Å². The van der Waals surface area contributed by atoms with Crippen LogP contribution >= 0.6 is 0 Å². The molecule has 3 aromatic rings. The minimum absolute atomic E-state index is 0.338. The highest BCUT2D eigenvalue weighted by molar-refractivity contribution is 5.37. The maximum absolute atomic E-state index is 4.26. The fourth-order valence-corrected chi connectivity index (χ4v) is 2.64. The molecule has 0 radical (unpaired) electrons. The molecule has 4 nitrogen and oxygen atoms in total. The highest BCUT2D eigenvalue weighted by Gasteiger charge is 2.08. The molecule has 0 fully saturated rings. The van der Waals surface area contributed by atoms with Gasteiger partial charge in [0.05, 0.1) is 0 Å². The highest BCUT2D eigenvalue weighted by Crippen LogP contribution is 2.16. The second-order valence-electron chi connectivity index (χ2n) is 5.33. The van der Waals surface area contributed by atoms with E-state index in [0.29, 0.717) is 6.04 Å². The molecule has 0 spiro atoms. The first-order chi connectivity index (χ1) is 10.3. The van der Waals surface area contributed by atoms with Crippen LogP contribution in [0.25, 0.3) is 5.65 Å². The van der Waals surface area contributed by atoms with E-state index < -0.39 is 0 Å². The summed E-state index contributed by atoms with van der Waals surface area (Å²) in [6.45, 7) is 5.23. The number of hydrogen-bond acceptors (Lipinski definition) is 3. The van der Waals surface area contributed by atoms with Crippen molar-refractivity contribution in [3.05, 3.63) is 65.6 Å². The highest BCUT2D eigenvalue weighted by atomic mass is 15.2. The summed E-state index contributed by atoms with van der Waals surface area (Å²) in [6, 6.07) is 14.8. The molecule has 21 heavy (non-hydrogen) atoms. The summed E-state index contributed by atoms with van der Waals surface area (Å²) in [5.74, 6) is 0.995. The molecular formula is C17H20N4.